The zero-order chi connectivity index (χ0) is 12.6. The lowest BCUT2D eigenvalue weighted by molar-refractivity contribution is 0.584. The Labute approximate surface area is 97.9 Å². The van der Waals surface area contributed by atoms with Gasteiger partial charge in [0.1, 0.15) is 17.5 Å². The van der Waals surface area contributed by atoms with Crippen molar-refractivity contribution in [1.29, 1.82) is 0 Å². The first-order valence-corrected chi connectivity index (χ1v) is 5.30. The van der Waals surface area contributed by atoms with E-state index in [4.69, 9.17) is 5.73 Å². The number of nitrogen functional groups attached to an aromatic ring is 1. The summed E-state index contributed by atoms with van der Waals surface area (Å²) in [5, 5.41) is 4.21. The number of halogens is 2. The van der Waals surface area contributed by atoms with Crippen LogP contribution in [0, 0.1) is 11.6 Å². The van der Waals surface area contributed by atoms with E-state index < -0.39 is 11.6 Å². The van der Waals surface area contributed by atoms with Crippen molar-refractivity contribution in [3.63, 3.8) is 0 Å². The van der Waals surface area contributed by atoms with Crippen LogP contribution in [-0.2, 0) is 13.5 Å². The zero-order valence-electron chi connectivity index (χ0n) is 9.67. The van der Waals surface area contributed by atoms with Crippen LogP contribution in [0.4, 0.5) is 14.6 Å². The fraction of sp³-hybridized carbons (Fsp3) is 0.250. The first-order valence-electron chi connectivity index (χ1n) is 5.30. The van der Waals surface area contributed by atoms with Crippen LogP contribution in [0.2, 0.25) is 0 Å². The third-order valence-corrected chi connectivity index (χ3v) is 2.65. The zero-order valence-corrected chi connectivity index (χ0v) is 9.67. The molecule has 0 atom stereocenters. The predicted molar refractivity (Wildman–Crippen MR) is 62.4 cm³/mol. The Morgan fingerprint density at radius 3 is 2.35 bits per heavy atom. The topological polar surface area (TPSA) is 43.8 Å². The maximum Gasteiger partial charge on any atom is 0.129 e. The first-order chi connectivity index (χ1) is 8.02. The SMILES string of the molecule is CCc1nn(C)c(N)c1-c1cc(F)cc(F)c1. The average Bonchev–Trinajstić information content (AvgIpc) is 2.53. The molecule has 1 aromatic carbocycles. The summed E-state index contributed by atoms with van der Waals surface area (Å²) in [6.07, 6.45) is 0.651. The van der Waals surface area contributed by atoms with Crippen molar-refractivity contribution in [1.82, 2.24) is 9.78 Å². The highest BCUT2D eigenvalue weighted by Gasteiger charge is 2.15. The molecule has 0 aliphatic rings. The summed E-state index contributed by atoms with van der Waals surface area (Å²) < 4.78 is 27.9. The molecule has 0 saturated carbocycles. The van der Waals surface area contributed by atoms with Gasteiger partial charge in [0.05, 0.1) is 5.69 Å². The van der Waals surface area contributed by atoms with E-state index in [2.05, 4.69) is 5.10 Å². The van der Waals surface area contributed by atoms with Crippen molar-refractivity contribution in [2.24, 2.45) is 7.05 Å². The second-order valence-electron chi connectivity index (χ2n) is 3.84. The number of anilines is 1. The van der Waals surface area contributed by atoms with Crippen molar-refractivity contribution in [3.8, 4) is 11.1 Å². The van der Waals surface area contributed by atoms with E-state index in [-0.39, 0.29) is 0 Å². The molecule has 1 heterocycles. The predicted octanol–water partition coefficient (Wildman–Crippen LogP) is 2.51. The van der Waals surface area contributed by atoms with Gasteiger partial charge in [-0.2, -0.15) is 5.10 Å². The molecule has 5 heteroatoms. The molecule has 0 radical (unpaired) electrons. The quantitative estimate of drug-likeness (QED) is 0.872. The molecular weight excluding hydrogens is 224 g/mol. The van der Waals surface area contributed by atoms with Crippen LogP contribution in [0.3, 0.4) is 0 Å². The Morgan fingerprint density at radius 1 is 1.24 bits per heavy atom. The van der Waals surface area contributed by atoms with Gasteiger partial charge in [0.15, 0.2) is 0 Å². The van der Waals surface area contributed by atoms with E-state index in [9.17, 15) is 8.78 Å². The van der Waals surface area contributed by atoms with Crippen LogP contribution >= 0.6 is 0 Å². The highest BCUT2D eigenvalue weighted by Crippen LogP contribution is 2.30. The van der Waals surface area contributed by atoms with Gasteiger partial charge in [-0.15, -0.1) is 0 Å². The molecule has 0 bridgehead atoms. The van der Waals surface area contributed by atoms with E-state index in [1.165, 1.54) is 16.8 Å². The van der Waals surface area contributed by atoms with E-state index in [1.807, 2.05) is 6.92 Å². The summed E-state index contributed by atoms with van der Waals surface area (Å²) >= 11 is 0. The molecule has 0 spiro atoms. The number of rotatable bonds is 2. The monoisotopic (exact) mass is 237 g/mol. The van der Waals surface area contributed by atoms with Gasteiger partial charge in [-0.1, -0.05) is 6.92 Å². The lowest BCUT2D eigenvalue weighted by Crippen LogP contribution is -1.98. The maximum atomic E-state index is 13.2. The Kier molecular flexibility index (Phi) is 2.83. The van der Waals surface area contributed by atoms with Gasteiger partial charge in [0, 0.05) is 18.7 Å². The third-order valence-electron chi connectivity index (χ3n) is 2.65. The number of benzene rings is 1. The minimum Gasteiger partial charge on any atom is -0.383 e. The summed E-state index contributed by atoms with van der Waals surface area (Å²) in [5.74, 6) is -0.831. The summed E-state index contributed by atoms with van der Waals surface area (Å²) in [5.41, 5.74) is 7.62. The molecule has 0 fully saturated rings. The normalized spacial score (nSPS) is 10.8. The van der Waals surface area contributed by atoms with Gasteiger partial charge in [0.25, 0.3) is 0 Å². The Bertz CT molecular complexity index is 541. The number of aromatic nitrogens is 2. The number of nitrogens with zero attached hydrogens (tertiary/aromatic N) is 2. The molecule has 0 amide bonds. The summed E-state index contributed by atoms with van der Waals surface area (Å²) in [6.45, 7) is 1.92. The van der Waals surface area contributed by atoms with Crippen LogP contribution in [0.25, 0.3) is 11.1 Å². The van der Waals surface area contributed by atoms with Crippen molar-refractivity contribution < 1.29 is 8.78 Å². The Morgan fingerprint density at radius 2 is 1.82 bits per heavy atom. The van der Waals surface area contributed by atoms with Crippen LogP contribution in [0.5, 0.6) is 0 Å². The maximum absolute atomic E-state index is 13.2. The highest BCUT2D eigenvalue weighted by molar-refractivity contribution is 5.76. The van der Waals surface area contributed by atoms with E-state index in [1.54, 1.807) is 7.05 Å². The van der Waals surface area contributed by atoms with Gasteiger partial charge in [-0.25, -0.2) is 8.78 Å². The number of hydrogen-bond donors (Lipinski definition) is 1. The molecule has 17 heavy (non-hydrogen) atoms. The van der Waals surface area contributed by atoms with Crippen LogP contribution in [0.15, 0.2) is 18.2 Å². The smallest absolute Gasteiger partial charge is 0.129 e. The van der Waals surface area contributed by atoms with Gasteiger partial charge >= 0.3 is 0 Å². The minimum atomic E-state index is -0.620. The van der Waals surface area contributed by atoms with Gasteiger partial charge < -0.3 is 5.73 Å². The molecule has 90 valence electrons. The highest BCUT2D eigenvalue weighted by atomic mass is 19.1. The second kappa shape index (κ2) is 4.16. The molecule has 3 nitrogen and oxygen atoms in total. The number of nitrogens with two attached hydrogens (primary N) is 1. The molecular formula is C12H13F2N3. The average molecular weight is 237 g/mol. The molecule has 0 saturated heterocycles. The molecule has 0 aliphatic heterocycles. The fourth-order valence-corrected chi connectivity index (χ4v) is 1.85. The van der Waals surface area contributed by atoms with Crippen molar-refractivity contribution >= 4 is 5.82 Å². The fourth-order valence-electron chi connectivity index (χ4n) is 1.85. The van der Waals surface area contributed by atoms with Gasteiger partial charge in [-0.3, -0.25) is 4.68 Å². The first kappa shape index (κ1) is 11.6. The number of aryl methyl sites for hydroxylation is 2. The minimum absolute atomic E-state index is 0.409. The van der Waals surface area contributed by atoms with E-state index in [0.717, 1.165) is 11.8 Å². The Balaban J connectivity index is 2.67. The van der Waals surface area contributed by atoms with Gasteiger partial charge in [-0.05, 0) is 24.1 Å². The lowest BCUT2D eigenvalue weighted by Gasteiger charge is -2.03. The third kappa shape index (κ3) is 2.00. The van der Waals surface area contributed by atoms with E-state index >= 15 is 0 Å². The van der Waals surface area contributed by atoms with Crippen molar-refractivity contribution in [2.45, 2.75) is 13.3 Å². The number of hydrogen-bond acceptors (Lipinski definition) is 2. The lowest BCUT2D eigenvalue weighted by atomic mass is 10.0. The summed E-state index contributed by atoms with van der Waals surface area (Å²) in [6, 6.07) is 3.35. The standard InChI is InChI=1S/C12H13F2N3/c1-3-10-11(12(15)17(2)16-10)7-4-8(13)6-9(14)5-7/h4-6H,3,15H2,1-2H3. The molecule has 2 rings (SSSR count). The van der Waals surface area contributed by atoms with Crippen molar-refractivity contribution in [2.75, 3.05) is 5.73 Å². The molecule has 1 aromatic heterocycles. The van der Waals surface area contributed by atoms with Crippen LogP contribution < -0.4 is 5.73 Å². The molecule has 2 N–H and O–H groups in total. The van der Waals surface area contributed by atoms with Crippen LogP contribution in [-0.4, -0.2) is 9.78 Å². The second-order valence-corrected chi connectivity index (χ2v) is 3.84. The van der Waals surface area contributed by atoms with Crippen LogP contribution in [0.1, 0.15) is 12.6 Å². The van der Waals surface area contributed by atoms with Crippen molar-refractivity contribution in [3.05, 3.63) is 35.5 Å². The molecule has 2 aromatic rings. The van der Waals surface area contributed by atoms with Gasteiger partial charge in [0.2, 0.25) is 0 Å². The van der Waals surface area contributed by atoms with E-state index in [0.29, 0.717) is 23.4 Å². The summed E-state index contributed by atoms with van der Waals surface area (Å²) in [7, 11) is 1.70. The Hall–Kier alpha value is -1.91. The largest absolute Gasteiger partial charge is 0.383 e. The summed E-state index contributed by atoms with van der Waals surface area (Å²) in [4.78, 5) is 0. The molecule has 0 unspecified atom stereocenters. The molecule has 0 aliphatic carbocycles.